The molecule has 0 aliphatic heterocycles. The second-order valence-corrected chi connectivity index (χ2v) is 5.13. The minimum Gasteiger partial charge on any atom is -0.504 e. The SMILES string of the molecule is COc1cc(Cl)cc(C2(CN)CCCC2)c1O. The number of phenols is 1. The van der Waals surface area contributed by atoms with Gasteiger partial charge in [0, 0.05) is 28.6 Å². The molecule has 0 bridgehead atoms. The van der Waals surface area contributed by atoms with E-state index in [-0.39, 0.29) is 11.2 Å². The molecule has 0 aromatic heterocycles. The lowest BCUT2D eigenvalue weighted by atomic mass is 9.78. The topological polar surface area (TPSA) is 55.5 Å². The largest absolute Gasteiger partial charge is 0.504 e. The van der Waals surface area contributed by atoms with Crippen LogP contribution in [-0.2, 0) is 5.41 Å². The molecule has 0 heterocycles. The van der Waals surface area contributed by atoms with E-state index in [9.17, 15) is 5.11 Å². The molecule has 17 heavy (non-hydrogen) atoms. The average Bonchev–Trinajstić information content (AvgIpc) is 2.81. The van der Waals surface area contributed by atoms with Crippen molar-refractivity contribution in [3.63, 3.8) is 0 Å². The predicted octanol–water partition coefficient (Wildman–Crippen LogP) is 2.82. The van der Waals surface area contributed by atoms with Gasteiger partial charge in [0.15, 0.2) is 11.5 Å². The summed E-state index contributed by atoms with van der Waals surface area (Å²) in [4.78, 5) is 0. The van der Waals surface area contributed by atoms with Crippen LogP contribution in [0.4, 0.5) is 0 Å². The van der Waals surface area contributed by atoms with Crippen molar-refractivity contribution in [2.45, 2.75) is 31.1 Å². The van der Waals surface area contributed by atoms with Gasteiger partial charge in [0.05, 0.1) is 7.11 Å². The van der Waals surface area contributed by atoms with E-state index in [0.29, 0.717) is 17.3 Å². The Kier molecular flexibility index (Phi) is 3.50. The zero-order valence-corrected chi connectivity index (χ0v) is 10.8. The monoisotopic (exact) mass is 255 g/mol. The minimum absolute atomic E-state index is 0.137. The van der Waals surface area contributed by atoms with Crippen LogP contribution in [0.25, 0.3) is 0 Å². The summed E-state index contributed by atoms with van der Waals surface area (Å²) in [6.07, 6.45) is 4.29. The summed E-state index contributed by atoms with van der Waals surface area (Å²) in [5, 5.41) is 10.8. The molecule has 0 spiro atoms. The molecule has 1 saturated carbocycles. The molecule has 1 fully saturated rings. The second-order valence-electron chi connectivity index (χ2n) is 4.70. The molecule has 94 valence electrons. The number of nitrogens with two attached hydrogens (primary N) is 1. The predicted molar refractivity (Wildman–Crippen MR) is 68.9 cm³/mol. The summed E-state index contributed by atoms with van der Waals surface area (Å²) >= 11 is 6.07. The molecule has 3 nitrogen and oxygen atoms in total. The highest BCUT2D eigenvalue weighted by Gasteiger charge is 2.37. The first-order chi connectivity index (χ1) is 8.13. The molecule has 1 aliphatic rings. The van der Waals surface area contributed by atoms with Gasteiger partial charge in [-0.1, -0.05) is 24.4 Å². The smallest absolute Gasteiger partial charge is 0.162 e. The van der Waals surface area contributed by atoms with Crippen molar-refractivity contribution in [2.75, 3.05) is 13.7 Å². The van der Waals surface area contributed by atoms with E-state index < -0.39 is 0 Å². The maximum Gasteiger partial charge on any atom is 0.162 e. The van der Waals surface area contributed by atoms with Gasteiger partial charge < -0.3 is 15.6 Å². The lowest BCUT2D eigenvalue weighted by Crippen LogP contribution is -2.32. The maximum atomic E-state index is 10.2. The van der Waals surface area contributed by atoms with E-state index in [1.165, 1.54) is 7.11 Å². The lowest BCUT2D eigenvalue weighted by molar-refractivity contribution is 0.354. The Hall–Kier alpha value is -0.930. The van der Waals surface area contributed by atoms with E-state index >= 15 is 0 Å². The van der Waals surface area contributed by atoms with Crippen molar-refractivity contribution in [3.05, 3.63) is 22.7 Å². The highest BCUT2D eigenvalue weighted by molar-refractivity contribution is 6.30. The fourth-order valence-electron chi connectivity index (χ4n) is 2.77. The molecule has 4 heteroatoms. The first-order valence-corrected chi connectivity index (χ1v) is 6.28. The lowest BCUT2D eigenvalue weighted by Gasteiger charge is -2.29. The average molecular weight is 256 g/mol. The van der Waals surface area contributed by atoms with Gasteiger partial charge in [-0.15, -0.1) is 0 Å². The number of aromatic hydroxyl groups is 1. The van der Waals surface area contributed by atoms with Gasteiger partial charge in [0.25, 0.3) is 0 Å². The van der Waals surface area contributed by atoms with E-state index in [0.717, 1.165) is 31.2 Å². The van der Waals surface area contributed by atoms with Crippen LogP contribution in [0.2, 0.25) is 5.02 Å². The Labute approximate surface area is 107 Å². The molecule has 0 unspecified atom stereocenters. The summed E-state index contributed by atoms with van der Waals surface area (Å²) in [5.74, 6) is 0.608. The first kappa shape index (κ1) is 12.5. The van der Waals surface area contributed by atoms with E-state index in [2.05, 4.69) is 0 Å². The Morgan fingerprint density at radius 1 is 1.41 bits per heavy atom. The normalized spacial score (nSPS) is 18.3. The van der Waals surface area contributed by atoms with Gasteiger partial charge in [0.2, 0.25) is 0 Å². The van der Waals surface area contributed by atoms with Crippen LogP contribution < -0.4 is 10.5 Å². The third-order valence-corrected chi connectivity index (χ3v) is 4.00. The number of ether oxygens (including phenoxy) is 1. The fourth-order valence-corrected chi connectivity index (χ4v) is 2.98. The summed E-state index contributed by atoms with van der Waals surface area (Å²) in [5.41, 5.74) is 6.61. The third-order valence-electron chi connectivity index (χ3n) is 3.78. The molecule has 0 saturated heterocycles. The van der Waals surface area contributed by atoms with Crippen molar-refractivity contribution < 1.29 is 9.84 Å². The zero-order chi connectivity index (χ0) is 12.5. The molecule has 1 aliphatic carbocycles. The van der Waals surface area contributed by atoms with E-state index in [4.69, 9.17) is 22.1 Å². The first-order valence-electron chi connectivity index (χ1n) is 5.90. The van der Waals surface area contributed by atoms with Gasteiger partial charge >= 0.3 is 0 Å². The van der Waals surface area contributed by atoms with Gasteiger partial charge in [-0.2, -0.15) is 0 Å². The number of rotatable bonds is 3. The van der Waals surface area contributed by atoms with Crippen LogP contribution in [0.5, 0.6) is 11.5 Å². The van der Waals surface area contributed by atoms with Crippen molar-refractivity contribution in [1.82, 2.24) is 0 Å². The molecule has 1 aromatic rings. The Balaban J connectivity index is 2.53. The number of benzene rings is 1. The fraction of sp³-hybridized carbons (Fsp3) is 0.538. The number of hydrogen-bond acceptors (Lipinski definition) is 3. The third kappa shape index (κ3) is 2.09. The summed E-state index contributed by atoms with van der Waals surface area (Å²) < 4.78 is 5.14. The van der Waals surface area contributed by atoms with E-state index in [1.807, 2.05) is 6.07 Å². The number of hydrogen-bond donors (Lipinski definition) is 2. The van der Waals surface area contributed by atoms with Crippen LogP contribution in [0, 0.1) is 0 Å². The molecule has 0 amide bonds. The van der Waals surface area contributed by atoms with Gasteiger partial charge in [-0.3, -0.25) is 0 Å². The summed E-state index contributed by atoms with van der Waals surface area (Å²) in [6.45, 7) is 0.532. The van der Waals surface area contributed by atoms with Crippen LogP contribution in [0.1, 0.15) is 31.2 Å². The van der Waals surface area contributed by atoms with Crippen molar-refractivity contribution in [2.24, 2.45) is 5.73 Å². The van der Waals surface area contributed by atoms with Crippen molar-refractivity contribution in [3.8, 4) is 11.5 Å². The molecule has 0 atom stereocenters. The van der Waals surface area contributed by atoms with Crippen molar-refractivity contribution in [1.29, 1.82) is 0 Å². The minimum atomic E-state index is -0.137. The van der Waals surface area contributed by atoms with Crippen LogP contribution in [0.3, 0.4) is 0 Å². The highest BCUT2D eigenvalue weighted by Crippen LogP contribution is 2.47. The number of phenolic OH excluding ortho intramolecular Hbond substituents is 1. The molecule has 0 radical (unpaired) electrons. The summed E-state index contributed by atoms with van der Waals surface area (Å²) in [6, 6.07) is 3.44. The molecule has 3 N–H and O–H groups in total. The zero-order valence-electron chi connectivity index (χ0n) is 10.0. The molecular weight excluding hydrogens is 238 g/mol. The Bertz CT molecular complexity index is 414. The standard InChI is InChI=1S/C13H18ClNO2/c1-17-11-7-9(14)6-10(12(11)16)13(8-15)4-2-3-5-13/h6-7,16H,2-5,8,15H2,1H3. The van der Waals surface area contributed by atoms with Crippen molar-refractivity contribution >= 4 is 11.6 Å². The number of methoxy groups -OCH3 is 1. The van der Waals surface area contributed by atoms with Gasteiger partial charge in [0.1, 0.15) is 0 Å². The van der Waals surface area contributed by atoms with Crippen LogP contribution in [0.15, 0.2) is 12.1 Å². The maximum absolute atomic E-state index is 10.2. The molecule has 2 rings (SSSR count). The molecular formula is C13H18ClNO2. The van der Waals surface area contributed by atoms with Gasteiger partial charge in [-0.25, -0.2) is 0 Å². The Morgan fingerprint density at radius 3 is 2.59 bits per heavy atom. The highest BCUT2D eigenvalue weighted by atomic mass is 35.5. The Morgan fingerprint density at radius 2 is 2.06 bits per heavy atom. The second kappa shape index (κ2) is 4.75. The summed E-state index contributed by atoms with van der Waals surface area (Å²) in [7, 11) is 1.53. The van der Waals surface area contributed by atoms with Gasteiger partial charge in [-0.05, 0) is 18.9 Å². The van der Waals surface area contributed by atoms with Crippen LogP contribution >= 0.6 is 11.6 Å². The van der Waals surface area contributed by atoms with E-state index in [1.54, 1.807) is 6.07 Å². The van der Waals surface area contributed by atoms with Crippen LogP contribution in [-0.4, -0.2) is 18.8 Å². The number of halogens is 1. The quantitative estimate of drug-likeness (QED) is 0.873. The molecule has 1 aromatic carbocycles.